The summed E-state index contributed by atoms with van der Waals surface area (Å²) < 4.78 is 5.73. The molecule has 0 radical (unpaired) electrons. The van der Waals surface area contributed by atoms with Gasteiger partial charge in [-0.2, -0.15) is 0 Å². The molecule has 1 fully saturated rings. The summed E-state index contributed by atoms with van der Waals surface area (Å²) in [5.74, 6) is 0. The predicted molar refractivity (Wildman–Crippen MR) is 95.5 cm³/mol. The lowest BCUT2D eigenvalue weighted by molar-refractivity contribution is 0.111. The Bertz CT molecular complexity index is 612. The second-order valence-electron chi connectivity index (χ2n) is 7.27. The molecular weight excluding hydrogens is 304 g/mol. The number of thiazole rings is 1. The van der Waals surface area contributed by atoms with Gasteiger partial charge in [0.25, 0.3) is 0 Å². The Kier molecular flexibility index (Phi) is 5.14. The first-order valence-corrected chi connectivity index (χ1v) is 9.26. The maximum absolute atomic E-state index is 5.73. The minimum absolute atomic E-state index is 0.148. The Morgan fingerprint density at radius 2 is 2.09 bits per heavy atom. The predicted octanol–water partition coefficient (Wildman–Crippen LogP) is 4.87. The van der Waals surface area contributed by atoms with Crippen LogP contribution in [0.4, 0.5) is 0 Å². The molecule has 2 aromatic rings. The number of nitrogens with one attached hydrogen (secondary N) is 1. The Morgan fingerprint density at radius 3 is 2.74 bits per heavy atom. The van der Waals surface area contributed by atoms with Gasteiger partial charge in [-0.25, -0.2) is 4.98 Å². The van der Waals surface area contributed by atoms with Gasteiger partial charge in [0.2, 0.25) is 0 Å². The van der Waals surface area contributed by atoms with Crippen molar-refractivity contribution in [2.75, 3.05) is 6.61 Å². The third-order valence-electron chi connectivity index (χ3n) is 4.26. The number of hydrogen-bond donors (Lipinski definition) is 1. The van der Waals surface area contributed by atoms with E-state index in [1.54, 1.807) is 11.3 Å². The van der Waals surface area contributed by atoms with Gasteiger partial charge in [0.05, 0.1) is 5.69 Å². The Hall–Kier alpha value is -1.23. The van der Waals surface area contributed by atoms with Crippen LogP contribution in [0.25, 0.3) is 0 Å². The zero-order chi connectivity index (χ0) is 16.3. The van der Waals surface area contributed by atoms with Crippen LogP contribution in [0, 0.1) is 5.41 Å². The number of nitrogens with zero attached hydrogens (tertiary/aromatic N) is 1. The molecule has 23 heavy (non-hydrogen) atoms. The van der Waals surface area contributed by atoms with Crippen LogP contribution in [0.3, 0.4) is 0 Å². The number of hydrogen-bond acceptors (Lipinski definition) is 4. The van der Waals surface area contributed by atoms with Crippen LogP contribution in [-0.2, 0) is 11.3 Å². The maximum atomic E-state index is 5.73. The zero-order valence-electron chi connectivity index (χ0n) is 14.2. The standard InChI is InChI=1S/C19H26N2OS/c1-19(2,3)17(14-8-5-4-6-9-14)20-12-15-13-23-18(21-15)16-10-7-11-22-16/h4-6,8-9,13,16-17,20H,7,10-12H2,1-3H3/t16-,17-/m1/s1. The van der Waals surface area contributed by atoms with E-state index in [0.29, 0.717) is 6.04 Å². The number of ether oxygens (including phenoxy) is 1. The van der Waals surface area contributed by atoms with Gasteiger partial charge in [-0.05, 0) is 23.8 Å². The lowest BCUT2D eigenvalue weighted by atomic mass is 9.82. The van der Waals surface area contributed by atoms with E-state index in [1.165, 1.54) is 5.56 Å². The first-order valence-electron chi connectivity index (χ1n) is 8.38. The van der Waals surface area contributed by atoms with Crippen LogP contribution in [0.15, 0.2) is 35.7 Å². The van der Waals surface area contributed by atoms with E-state index < -0.39 is 0 Å². The summed E-state index contributed by atoms with van der Waals surface area (Å²) in [6, 6.07) is 11.0. The van der Waals surface area contributed by atoms with Crippen LogP contribution >= 0.6 is 11.3 Å². The van der Waals surface area contributed by atoms with Gasteiger partial charge >= 0.3 is 0 Å². The van der Waals surface area contributed by atoms with Gasteiger partial charge < -0.3 is 10.1 Å². The minimum Gasteiger partial charge on any atom is -0.371 e. The normalized spacial score (nSPS) is 19.9. The average Bonchev–Trinajstić information content (AvgIpc) is 3.18. The lowest BCUT2D eigenvalue weighted by Gasteiger charge is -2.32. The van der Waals surface area contributed by atoms with Crippen LogP contribution in [0.1, 0.15) is 62.0 Å². The fraction of sp³-hybridized carbons (Fsp3) is 0.526. The van der Waals surface area contributed by atoms with Gasteiger partial charge in [0.1, 0.15) is 11.1 Å². The molecule has 0 amide bonds. The van der Waals surface area contributed by atoms with Crippen LogP contribution in [0.5, 0.6) is 0 Å². The van der Waals surface area contributed by atoms with E-state index in [4.69, 9.17) is 9.72 Å². The van der Waals surface area contributed by atoms with Gasteiger partial charge in [-0.1, -0.05) is 51.1 Å². The van der Waals surface area contributed by atoms with Crippen molar-refractivity contribution < 1.29 is 4.74 Å². The highest BCUT2D eigenvalue weighted by molar-refractivity contribution is 7.09. The molecule has 1 saturated heterocycles. The summed E-state index contributed by atoms with van der Waals surface area (Å²) in [7, 11) is 0. The van der Waals surface area contributed by atoms with E-state index in [-0.39, 0.29) is 11.5 Å². The molecule has 2 heterocycles. The Labute approximate surface area is 143 Å². The Morgan fingerprint density at radius 1 is 1.30 bits per heavy atom. The van der Waals surface area contributed by atoms with E-state index in [9.17, 15) is 0 Å². The molecule has 0 aliphatic carbocycles. The summed E-state index contributed by atoms with van der Waals surface area (Å²) in [5.41, 5.74) is 2.59. The first kappa shape index (κ1) is 16.6. The van der Waals surface area contributed by atoms with E-state index in [1.807, 2.05) is 0 Å². The summed E-state index contributed by atoms with van der Waals surface area (Å²) in [5, 5.41) is 6.99. The molecular formula is C19H26N2OS. The van der Waals surface area contributed by atoms with Crippen molar-refractivity contribution in [3.8, 4) is 0 Å². The largest absolute Gasteiger partial charge is 0.371 e. The lowest BCUT2D eigenvalue weighted by Crippen LogP contribution is -2.32. The number of rotatable bonds is 5. The van der Waals surface area contributed by atoms with E-state index >= 15 is 0 Å². The second-order valence-corrected chi connectivity index (χ2v) is 8.16. The van der Waals surface area contributed by atoms with Crippen molar-refractivity contribution in [1.29, 1.82) is 0 Å². The molecule has 1 aliphatic heterocycles. The van der Waals surface area contributed by atoms with Crippen molar-refractivity contribution >= 4 is 11.3 Å². The SMILES string of the molecule is CC(C)(C)[C@H](NCc1csc([C@H]2CCCO2)n1)c1ccccc1. The molecule has 0 spiro atoms. The molecule has 1 aromatic carbocycles. The van der Waals surface area contributed by atoms with Crippen LogP contribution < -0.4 is 5.32 Å². The molecule has 3 nitrogen and oxygen atoms in total. The van der Waals surface area contributed by atoms with Gasteiger partial charge in [-0.15, -0.1) is 11.3 Å². The van der Waals surface area contributed by atoms with Gasteiger partial charge in [-0.3, -0.25) is 0 Å². The highest BCUT2D eigenvalue weighted by Gasteiger charge is 2.26. The van der Waals surface area contributed by atoms with Crippen molar-refractivity contribution in [1.82, 2.24) is 10.3 Å². The molecule has 0 saturated carbocycles. The quantitative estimate of drug-likeness (QED) is 0.849. The van der Waals surface area contributed by atoms with Crippen molar-refractivity contribution in [2.45, 2.75) is 52.3 Å². The van der Waals surface area contributed by atoms with Crippen LogP contribution in [0.2, 0.25) is 0 Å². The van der Waals surface area contributed by atoms with E-state index in [2.05, 4.69) is 61.8 Å². The fourth-order valence-corrected chi connectivity index (χ4v) is 4.00. The summed E-state index contributed by atoms with van der Waals surface area (Å²) in [6.07, 6.45) is 2.48. The maximum Gasteiger partial charge on any atom is 0.122 e. The van der Waals surface area contributed by atoms with Gasteiger partial charge in [0, 0.05) is 24.6 Å². The molecule has 0 bridgehead atoms. The topological polar surface area (TPSA) is 34.1 Å². The molecule has 1 N–H and O–H groups in total. The van der Waals surface area contributed by atoms with E-state index in [0.717, 1.165) is 36.7 Å². The monoisotopic (exact) mass is 330 g/mol. The molecule has 124 valence electrons. The Balaban J connectivity index is 1.67. The van der Waals surface area contributed by atoms with Gasteiger partial charge in [0.15, 0.2) is 0 Å². The third kappa shape index (κ3) is 4.19. The average molecular weight is 330 g/mol. The smallest absolute Gasteiger partial charge is 0.122 e. The second kappa shape index (κ2) is 7.12. The molecule has 1 aromatic heterocycles. The highest BCUT2D eigenvalue weighted by atomic mass is 32.1. The van der Waals surface area contributed by atoms with Crippen LogP contribution in [-0.4, -0.2) is 11.6 Å². The molecule has 2 atom stereocenters. The molecule has 3 rings (SSSR count). The fourth-order valence-electron chi connectivity index (χ4n) is 3.10. The summed E-state index contributed by atoms with van der Waals surface area (Å²) in [4.78, 5) is 4.77. The number of benzene rings is 1. The summed E-state index contributed by atoms with van der Waals surface area (Å²) >= 11 is 1.73. The molecule has 0 unspecified atom stereocenters. The molecule has 4 heteroatoms. The number of aromatic nitrogens is 1. The van der Waals surface area contributed by atoms with Crippen molar-refractivity contribution in [2.24, 2.45) is 5.41 Å². The minimum atomic E-state index is 0.148. The first-order chi connectivity index (χ1) is 11.0. The third-order valence-corrected chi connectivity index (χ3v) is 5.25. The highest BCUT2D eigenvalue weighted by Crippen LogP contribution is 2.34. The zero-order valence-corrected chi connectivity index (χ0v) is 15.0. The summed E-state index contributed by atoms with van der Waals surface area (Å²) in [6.45, 7) is 8.49. The molecule has 1 aliphatic rings. The van der Waals surface area contributed by atoms with Crippen molar-refractivity contribution in [3.05, 3.63) is 52.0 Å². The van der Waals surface area contributed by atoms with Crippen molar-refractivity contribution in [3.63, 3.8) is 0 Å².